The Morgan fingerprint density at radius 2 is 0.852 bits per heavy atom. The van der Waals surface area contributed by atoms with Crippen molar-refractivity contribution in [3.8, 4) is 33.4 Å². The van der Waals surface area contributed by atoms with Gasteiger partial charge in [0, 0.05) is 16.7 Å². The van der Waals surface area contributed by atoms with Gasteiger partial charge in [-0.05, 0) is 22.8 Å². The topological polar surface area (TPSA) is 0 Å². The molecule has 0 nitrogen and oxygen atoms in total. The van der Waals surface area contributed by atoms with Crippen molar-refractivity contribution in [2.75, 3.05) is 0 Å². The van der Waals surface area contributed by atoms with Gasteiger partial charge in [0.15, 0.2) is 11.6 Å². The van der Waals surface area contributed by atoms with E-state index in [4.69, 9.17) is 0 Å². The molecular weight excluding hydrogens is 345 g/mol. The van der Waals surface area contributed by atoms with Crippen molar-refractivity contribution in [2.45, 2.75) is 0 Å². The molecule has 0 aliphatic rings. The third-order valence-corrected chi connectivity index (χ3v) is 4.53. The summed E-state index contributed by atoms with van der Waals surface area (Å²) >= 11 is 0. The van der Waals surface area contributed by atoms with Crippen LogP contribution in [0.25, 0.3) is 33.4 Å². The summed E-state index contributed by atoms with van der Waals surface area (Å²) in [6.45, 7) is 0. The van der Waals surface area contributed by atoms with Crippen molar-refractivity contribution in [3.63, 3.8) is 0 Å². The number of rotatable bonds is 3. The summed E-state index contributed by atoms with van der Waals surface area (Å²) < 4.78 is 43.9. The van der Waals surface area contributed by atoms with Crippen LogP contribution in [0.1, 0.15) is 0 Å². The van der Waals surface area contributed by atoms with E-state index in [1.165, 1.54) is 18.2 Å². The first kappa shape index (κ1) is 17.1. The van der Waals surface area contributed by atoms with E-state index in [9.17, 15) is 13.2 Å². The van der Waals surface area contributed by atoms with Gasteiger partial charge in [0.1, 0.15) is 5.82 Å². The number of benzene rings is 4. The van der Waals surface area contributed by atoms with E-state index in [1.807, 2.05) is 24.3 Å². The summed E-state index contributed by atoms with van der Waals surface area (Å²) in [5.41, 5.74) is 2.24. The molecule has 0 saturated heterocycles. The first-order valence-corrected chi connectivity index (χ1v) is 8.54. The summed E-state index contributed by atoms with van der Waals surface area (Å²) in [6, 6.07) is 25.3. The van der Waals surface area contributed by atoms with Gasteiger partial charge in [0.25, 0.3) is 0 Å². The zero-order chi connectivity index (χ0) is 18.8. The molecule has 0 unspecified atom stereocenters. The molecule has 0 atom stereocenters. The summed E-state index contributed by atoms with van der Waals surface area (Å²) in [5.74, 6) is -2.40. The molecule has 132 valence electrons. The van der Waals surface area contributed by atoms with Gasteiger partial charge in [-0.2, -0.15) is 0 Å². The van der Waals surface area contributed by atoms with Gasteiger partial charge < -0.3 is 0 Å². The van der Waals surface area contributed by atoms with E-state index in [0.29, 0.717) is 16.7 Å². The molecule has 4 aromatic carbocycles. The summed E-state index contributed by atoms with van der Waals surface area (Å²) in [6.07, 6.45) is 0. The van der Waals surface area contributed by atoms with Gasteiger partial charge in [0.2, 0.25) is 0 Å². The van der Waals surface area contributed by atoms with E-state index < -0.39 is 17.5 Å². The van der Waals surface area contributed by atoms with Crippen LogP contribution in [0, 0.1) is 17.5 Å². The molecule has 0 spiro atoms. The van der Waals surface area contributed by atoms with Gasteiger partial charge in [-0.25, -0.2) is 13.2 Å². The van der Waals surface area contributed by atoms with Gasteiger partial charge in [-0.15, -0.1) is 0 Å². The third kappa shape index (κ3) is 3.24. The molecule has 0 saturated carbocycles. The second-order valence-electron chi connectivity index (χ2n) is 6.22. The second-order valence-corrected chi connectivity index (χ2v) is 6.22. The van der Waals surface area contributed by atoms with Crippen molar-refractivity contribution in [3.05, 3.63) is 108 Å². The number of hydrogen-bond acceptors (Lipinski definition) is 0. The Labute approximate surface area is 155 Å². The van der Waals surface area contributed by atoms with Crippen LogP contribution in [0.3, 0.4) is 0 Å². The van der Waals surface area contributed by atoms with Crippen LogP contribution in [0.15, 0.2) is 91.0 Å². The Hall–Kier alpha value is -3.33. The Kier molecular flexibility index (Phi) is 4.51. The minimum Gasteiger partial charge on any atom is -0.206 e. The second kappa shape index (κ2) is 7.12. The highest BCUT2D eigenvalue weighted by atomic mass is 19.2. The molecule has 27 heavy (non-hydrogen) atoms. The molecule has 0 heterocycles. The SMILES string of the molecule is Fc1cc(-c2ccc(-c3ccccc3)c(F)c2F)ccc1-c1ccccc1. The lowest BCUT2D eigenvalue weighted by Crippen LogP contribution is -1.95. The standard InChI is InChI=1S/C24H15F3/c25-22-15-18(11-12-19(22)16-7-3-1-4-8-16)21-14-13-20(23(26)24(21)27)17-9-5-2-6-10-17/h1-15H. The van der Waals surface area contributed by atoms with E-state index in [0.717, 1.165) is 5.56 Å². The zero-order valence-electron chi connectivity index (χ0n) is 14.3. The number of hydrogen-bond donors (Lipinski definition) is 0. The fourth-order valence-electron chi connectivity index (χ4n) is 3.15. The van der Waals surface area contributed by atoms with Crippen molar-refractivity contribution in [1.82, 2.24) is 0 Å². The maximum absolute atomic E-state index is 14.7. The third-order valence-electron chi connectivity index (χ3n) is 4.53. The maximum Gasteiger partial charge on any atom is 0.167 e. The molecule has 3 heteroatoms. The first-order valence-electron chi connectivity index (χ1n) is 8.54. The predicted octanol–water partition coefficient (Wildman–Crippen LogP) is 7.10. The fraction of sp³-hybridized carbons (Fsp3) is 0. The Balaban J connectivity index is 1.76. The lowest BCUT2D eigenvalue weighted by atomic mass is 9.96. The van der Waals surface area contributed by atoms with Gasteiger partial charge in [-0.3, -0.25) is 0 Å². The maximum atomic E-state index is 14.7. The predicted molar refractivity (Wildman–Crippen MR) is 103 cm³/mol. The highest BCUT2D eigenvalue weighted by Gasteiger charge is 2.17. The Morgan fingerprint density at radius 3 is 1.37 bits per heavy atom. The minimum atomic E-state index is -0.983. The molecule has 0 bridgehead atoms. The molecule has 0 aromatic heterocycles. The zero-order valence-corrected chi connectivity index (χ0v) is 14.3. The summed E-state index contributed by atoms with van der Waals surface area (Å²) in [7, 11) is 0. The molecule has 0 N–H and O–H groups in total. The average Bonchev–Trinajstić information content (AvgIpc) is 2.71. The summed E-state index contributed by atoms with van der Waals surface area (Å²) in [4.78, 5) is 0. The molecule has 4 aromatic rings. The van der Waals surface area contributed by atoms with Crippen LogP contribution in [0.4, 0.5) is 13.2 Å². The van der Waals surface area contributed by atoms with E-state index in [-0.39, 0.29) is 11.1 Å². The smallest absolute Gasteiger partial charge is 0.167 e. The Bertz CT molecular complexity index is 1090. The molecule has 0 aliphatic carbocycles. The van der Waals surface area contributed by atoms with E-state index in [2.05, 4.69) is 0 Å². The lowest BCUT2D eigenvalue weighted by molar-refractivity contribution is 0.513. The van der Waals surface area contributed by atoms with Crippen LogP contribution in [-0.2, 0) is 0 Å². The molecule has 0 radical (unpaired) electrons. The van der Waals surface area contributed by atoms with Gasteiger partial charge >= 0.3 is 0 Å². The van der Waals surface area contributed by atoms with Crippen LogP contribution in [0.2, 0.25) is 0 Å². The molecule has 4 rings (SSSR count). The highest BCUT2D eigenvalue weighted by Crippen LogP contribution is 2.33. The largest absolute Gasteiger partial charge is 0.206 e. The molecule has 0 aliphatic heterocycles. The van der Waals surface area contributed by atoms with Crippen LogP contribution in [0.5, 0.6) is 0 Å². The van der Waals surface area contributed by atoms with Crippen LogP contribution < -0.4 is 0 Å². The first-order chi connectivity index (χ1) is 13.1. The van der Waals surface area contributed by atoms with Crippen LogP contribution >= 0.6 is 0 Å². The Morgan fingerprint density at radius 1 is 0.407 bits per heavy atom. The molecular formula is C24H15F3. The van der Waals surface area contributed by atoms with Gasteiger partial charge in [-0.1, -0.05) is 84.9 Å². The summed E-state index contributed by atoms with van der Waals surface area (Å²) in [5, 5.41) is 0. The van der Waals surface area contributed by atoms with Crippen molar-refractivity contribution in [1.29, 1.82) is 0 Å². The fourth-order valence-corrected chi connectivity index (χ4v) is 3.15. The average molecular weight is 360 g/mol. The monoisotopic (exact) mass is 360 g/mol. The van der Waals surface area contributed by atoms with E-state index >= 15 is 0 Å². The molecule has 0 fully saturated rings. The van der Waals surface area contributed by atoms with E-state index in [1.54, 1.807) is 48.5 Å². The lowest BCUT2D eigenvalue weighted by Gasteiger charge is -2.11. The van der Waals surface area contributed by atoms with Gasteiger partial charge in [0.05, 0.1) is 0 Å². The van der Waals surface area contributed by atoms with Crippen molar-refractivity contribution in [2.24, 2.45) is 0 Å². The minimum absolute atomic E-state index is 0.0330. The molecule has 0 amide bonds. The number of halogens is 3. The van der Waals surface area contributed by atoms with Crippen molar-refractivity contribution < 1.29 is 13.2 Å². The normalized spacial score (nSPS) is 10.8. The van der Waals surface area contributed by atoms with Crippen LogP contribution in [-0.4, -0.2) is 0 Å². The highest BCUT2D eigenvalue weighted by molar-refractivity contribution is 5.74. The quantitative estimate of drug-likeness (QED) is 0.365. The van der Waals surface area contributed by atoms with Crippen molar-refractivity contribution >= 4 is 0 Å².